The van der Waals surface area contributed by atoms with Crippen molar-refractivity contribution < 1.29 is 14.3 Å². The predicted molar refractivity (Wildman–Crippen MR) is 125 cm³/mol. The van der Waals surface area contributed by atoms with Crippen LogP contribution in [0.2, 0.25) is 0 Å². The van der Waals surface area contributed by atoms with E-state index in [4.69, 9.17) is 14.5 Å². The van der Waals surface area contributed by atoms with Crippen LogP contribution >= 0.6 is 39.0 Å². The highest BCUT2D eigenvalue weighted by molar-refractivity contribution is 9.10. The molecule has 0 unspecified atom stereocenters. The smallest absolute Gasteiger partial charge is 0.407 e. The first kappa shape index (κ1) is 22.1. The van der Waals surface area contributed by atoms with Crippen molar-refractivity contribution in [3.05, 3.63) is 33.9 Å². The molecule has 2 aliphatic rings. The van der Waals surface area contributed by atoms with Crippen molar-refractivity contribution in [3.8, 4) is 10.4 Å². The second-order valence-corrected chi connectivity index (χ2v) is 11.4. The monoisotopic (exact) mass is 510 g/mol. The van der Waals surface area contributed by atoms with Crippen LogP contribution in [0.4, 0.5) is 4.79 Å². The van der Waals surface area contributed by atoms with Gasteiger partial charge in [0.25, 0.3) is 0 Å². The second-order valence-electron chi connectivity index (χ2n) is 8.13. The molecule has 30 heavy (non-hydrogen) atoms. The van der Waals surface area contributed by atoms with Crippen LogP contribution in [0.25, 0.3) is 10.4 Å². The summed E-state index contributed by atoms with van der Waals surface area (Å²) in [5.41, 5.74) is 1.26. The number of carbonyl (C=O) groups is 1. The number of rotatable bonds is 6. The average Bonchev–Trinajstić information content (AvgIpc) is 3.14. The number of nitrogens with one attached hydrogen (secondary N) is 1. The minimum atomic E-state index is -0.304. The summed E-state index contributed by atoms with van der Waals surface area (Å²) in [6.07, 6.45) is 5.65. The van der Waals surface area contributed by atoms with Gasteiger partial charge in [-0.3, -0.25) is 0 Å². The van der Waals surface area contributed by atoms with E-state index in [9.17, 15) is 4.79 Å². The fourth-order valence-corrected chi connectivity index (χ4v) is 6.65. The van der Waals surface area contributed by atoms with Crippen LogP contribution in [0, 0.1) is 0 Å². The van der Waals surface area contributed by atoms with Gasteiger partial charge in [-0.25, -0.2) is 9.78 Å². The number of benzene rings is 1. The van der Waals surface area contributed by atoms with Gasteiger partial charge in [-0.2, -0.15) is 0 Å². The molecule has 1 aliphatic heterocycles. The third-order valence-electron chi connectivity index (χ3n) is 5.37. The Bertz CT molecular complexity index is 877. The molecule has 1 saturated heterocycles. The summed E-state index contributed by atoms with van der Waals surface area (Å²) in [5, 5.41) is 4.74. The lowest BCUT2D eigenvalue weighted by Crippen LogP contribution is -2.38. The maximum absolute atomic E-state index is 11.8. The molecule has 8 heteroatoms. The molecule has 162 valence electrons. The van der Waals surface area contributed by atoms with Gasteiger partial charge >= 0.3 is 6.09 Å². The Hall–Kier alpha value is -1.09. The lowest BCUT2D eigenvalue weighted by Gasteiger charge is -2.28. The largest absolute Gasteiger partial charge is 0.447 e. The van der Waals surface area contributed by atoms with Gasteiger partial charge in [0, 0.05) is 33.1 Å². The Morgan fingerprint density at radius 3 is 2.73 bits per heavy atom. The van der Waals surface area contributed by atoms with Crippen molar-refractivity contribution in [2.75, 3.05) is 13.2 Å². The molecular formula is C22H27BrN2O3S2. The SMILES string of the molecule is CC(C)OC(=O)NC1CCC(c2ncc(-c3ccc(Br)cc3SC3COC3)s2)CC1. The number of carbonyl (C=O) groups excluding carboxylic acids is 1. The second kappa shape index (κ2) is 10.0. The highest BCUT2D eigenvalue weighted by atomic mass is 79.9. The van der Waals surface area contributed by atoms with Crippen LogP contribution in [-0.4, -0.2) is 41.7 Å². The number of thioether (sulfide) groups is 1. The molecule has 1 N–H and O–H groups in total. The molecular weight excluding hydrogens is 484 g/mol. The first-order chi connectivity index (χ1) is 14.5. The van der Waals surface area contributed by atoms with E-state index in [1.165, 1.54) is 20.3 Å². The zero-order valence-corrected chi connectivity index (χ0v) is 20.4. The molecule has 1 aromatic heterocycles. The van der Waals surface area contributed by atoms with Crippen molar-refractivity contribution >= 4 is 45.1 Å². The molecule has 4 rings (SSSR count). The maximum atomic E-state index is 11.8. The maximum Gasteiger partial charge on any atom is 0.407 e. The molecule has 0 atom stereocenters. The molecule has 5 nitrogen and oxygen atoms in total. The summed E-state index contributed by atoms with van der Waals surface area (Å²) < 4.78 is 11.6. The van der Waals surface area contributed by atoms with Crippen LogP contribution in [-0.2, 0) is 9.47 Å². The fourth-order valence-electron chi connectivity index (χ4n) is 3.76. The number of aromatic nitrogens is 1. The van der Waals surface area contributed by atoms with Gasteiger partial charge in [-0.15, -0.1) is 23.1 Å². The number of alkyl carbamates (subject to hydrolysis) is 1. The summed E-state index contributed by atoms with van der Waals surface area (Å²) in [7, 11) is 0. The van der Waals surface area contributed by atoms with Gasteiger partial charge in [0.15, 0.2) is 0 Å². The lowest BCUT2D eigenvalue weighted by atomic mass is 9.86. The van der Waals surface area contributed by atoms with Crippen molar-refractivity contribution in [1.29, 1.82) is 0 Å². The molecule has 1 aromatic carbocycles. The number of hydrogen-bond donors (Lipinski definition) is 1. The Balaban J connectivity index is 1.39. The van der Waals surface area contributed by atoms with Crippen LogP contribution in [0.3, 0.4) is 0 Å². The van der Waals surface area contributed by atoms with E-state index in [2.05, 4.69) is 39.4 Å². The van der Waals surface area contributed by atoms with Crippen molar-refractivity contribution in [2.45, 2.75) is 67.7 Å². The number of amides is 1. The van der Waals surface area contributed by atoms with Gasteiger partial charge in [0.05, 0.1) is 34.5 Å². The van der Waals surface area contributed by atoms with Crippen molar-refractivity contribution in [1.82, 2.24) is 10.3 Å². The van der Waals surface area contributed by atoms with E-state index in [-0.39, 0.29) is 18.2 Å². The van der Waals surface area contributed by atoms with Gasteiger partial charge in [0.2, 0.25) is 0 Å². The van der Waals surface area contributed by atoms with E-state index < -0.39 is 0 Å². The van der Waals surface area contributed by atoms with Crippen LogP contribution in [0.15, 0.2) is 33.8 Å². The molecule has 0 bridgehead atoms. The van der Waals surface area contributed by atoms with Crippen LogP contribution < -0.4 is 5.32 Å². The minimum absolute atomic E-state index is 0.0893. The Kier molecular flexibility index (Phi) is 7.39. The molecule has 0 radical (unpaired) electrons. The van der Waals surface area contributed by atoms with Gasteiger partial charge in [0.1, 0.15) is 0 Å². The topological polar surface area (TPSA) is 60.5 Å². The molecule has 1 aliphatic carbocycles. The zero-order valence-electron chi connectivity index (χ0n) is 17.2. The highest BCUT2D eigenvalue weighted by Crippen LogP contribution is 2.42. The summed E-state index contributed by atoms with van der Waals surface area (Å²) in [5.74, 6) is 0.467. The number of ether oxygens (including phenoxy) is 2. The third-order valence-corrected chi connectivity index (χ3v) is 8.26. The number of nitrogens with zero attached hydrogens (tertiary/aromatic N) is 1. The van der Waals surface area contributed by atoms with E-state index in [1.807, 2.05) is 31.8 Å². The van der Waals surface area contributed by atoms with Crippen LogP contribution in [0.1, 0.15) is 50.5 Å². The third kappa shape index (κ3) is 5.58. The molecule has 2 heterocycles. The predicted octanol–water partition coefficient (Wildman–Crippen LogP) is 6.22. The Morgan fingerprint density at radius 2 is 2.07 bits per heavy atom. The fraction of sp³-hybridized carbons (Fsp3) is 0.545. The molecule has 2 aromatic rings. The molecule has 2 fully saturated rings. The molecule has 1 saturated carbocycles. The summed E-state index contributed by atoms with van der Waals surface area (Å²) in [6.45, 7) is 5.39. The number of hydrogen-bond acceptors (Lipinski definition) is 6. The lowest BCUT2D eigenvalue weighted by molar-refractivity contribution is 0.0455. The first-order valence-electron chi connectivity index (χ1n) is 10.4. The quantitative estimate of drug-likeness (QED) is 0.499. The Labute approximate surface area is 194 Å². The molecule has 1 amide bonds. The highest BCUT2D eigenvalue weighted by Gasteiger charge is 2.27. The van der Waals surface area contributed by atoms with Crippen molar-refractivity contribution in [3.63, 3.8) is 0 Å². The Morgan fingerprint density at radius 1 is 1.30 bits per heavy atom. The van der Waals surface area contributed by atoms with E-state index in [0.717, 1.165) is 43.4 Å². The van der Waals surface area contributed by atoms with Gasteiger partial charge in [-0.05, 0) is 51.7 Å². The van der Waals surface area contributed by atoms with Gasteiger partial charge in [-0.1, -0.05) is 22.0 Å². The number of halogens is 1. The number of thiazole rings is 1. The standard InChI is InChI=1S/C22H27BrN2O3S2/c1-13(2)28-22(26)25-16-6-3-14(4-7-16)21-24-10-20(30-21)18-8-5-15(23)9-19(18)29-17-11-27-12-17/h5,8-10,13-14,16-17H,3-4,6-7,11-12H2,1-2H3,(H,25,26). The summed E-state index contributed by atoms with van der Waals surface area (Å²) >= 11 is 7.30. The van der Waals surface area contributed by atoms with E-state index in [1.54, 1.807) is 11.3 Å². The molecule has 0 spiro atoms. The average molecular weight is 512 g/mol. The summed E-state index contributed by atoms with van der Waals surface area (Å²) in [4.78, 5) is 19.1. The normalized spacial score (nSPS) is 22.0. The van der Waals surface area contributed by atoms with E-state index >= 15 is 0 Å². The van der Waals surface area contributed by atoms with Crippen molar-refractivity contribution in [2.24, 2.45) is 0 Å². The minimum Gasteiger partial charge on any atom is -0.447 e. The van der Waals surface area contributed by atoms with E-state index in [0.29, 0.717) is 11.2 Å². The van der Waals surface area contributed by atoms with Gasteiger partial charge < -0.3 is 14.8 Å². The van der Waals surface area contributed by atoms with Crippen LogP contribution in [0.5, 0.6) is 0 Å². The summed E-state index contributed by atoms with van der Waals surface area (Å²) in [6, 6.07) is 6.68. The zero-order chi connectivity index (χ0) is 21.1. The first-order valence-corrected chi connectivity index (χ1v) is 12.9.